The minimum absolute atomic E-state index is 0.0265. The summed E-state index contributed by atoms with van der Waals surface area (Å²) in [5.74, 6) is 1.01. The van der Waals surface area contributed by atoms with Gasteiger partial charge in [0.05, 0.1) is 9.90 Å². The lowest BCUT2D eigenvalue weighted by atomic mass is 9.99. The van der Waals surface area contributed by atoms with Crippen LogP contribution in [0.1, 0.15) is 44.0 Å². The van der Waals surface area contributed by atoms with Crippen LogP contribution in [-0.2, 0) is 0 Å². The number of fused-ring (bicyclic) bond motifs is 1. The second-order valence-electron chi connectivity index (χ2n) is 7.36. The number of unbranched alkanes of at least 4 members (excludes halogenated alkanes) is 1. The maximum Gasteiger partial charge on any atom is 0.253 e. The van der Waals surface area contributed by atoms with Crippen molar-refractivity contribution < 1.29 is 4.79 Å². The summed E-state index contributed by atoms with van der Waals surface area (Å²) in [6.45, 7) is 6.19. The quantitative estimate of drug-likeness (QED) is 0.214. The first-order chi connectivity index (χ1) is 16.0. The molecule has 33 heavy (non-hydrogen) atoms. The van der Waals surface area contributed by atoms with E-state index < -0.39 is 0 Å². The second kappa shape index (κ2) is 11.6. The number of benzene rings is 1. The van der Waals surface area contributed by atoms with Crippen LogP contribution < -0.4 is 5.73 Å². The highest BCUT2D eigenvalue weighted by Crippen LogP contribution is 2.45. The molecule has 0 saturated heterocycles. The predicted molar refractivity (Wildman–Crippen MR) is 146 cm³/mol. The number of nitrogens with zero attached hydrogens (tertiary/aromatic N) is 3. The first-order valence-electron chi connectivity index (χ1n) is 11.1. The number of aromatic nitrogens is 2. The minimum atomic E-state index is -0.0265. The van der Waals surface area contributed by atoms with E-state index in [4.69, 9.17) is 10.7 Å². The molecule has 8 heteroatoms. The van der Waals surface area contributed by atoms with Crippen molar-refractivity contribution in [2.24, 2.45) is 0 Å². The van der Waals surface area contributed by atoms with E-state index in [0.29, 0.717) is 5.56 Å². The van der Waals surface area contributed by atoms with Crippen molar-refractivity contribution in [1.29, 1.82) is 0 Å². The molecule has 1 aromatic carbocycles. The Morgan fingerprint density at radius 2 is 2.00 bits per heavy atom. The number of anilines is 1. The number of amides is 1. The zero-order valence-electron chi connectivity index (χ0n) is 19.7. The van der Waals surface area contributed by atoms with Gasteiger partial charge in [0.25, 0.3) is 5.91 Å². The molecule has 0 aliphatic heterocycles. The molecule has 0 atom stereocenters. The molecule has 0 radical (unpaired) electrons. The number of pyridine rings is 1. The second-order valence-corrected chi connectivity index (χ2v) is 10.6. The van der Waals surface area contributed by atoms with Gasteiger partial charge >= 0.3 is 0 Å². The van der Waals surface area contributed by atoms with Gasteiger partial charge in [-0.3, -0.25) is 4.79 Å². The summed E-state index contributed by atoms with van der Waals surface area (Å²) in [6, 6.07) is 9.76. The van der Waals surface area contributed by atoms with E-state index in [9.17, 15) is 4.79 Å². The fourth-order valence-electron chi connectivity index (χ4n) is 3.28. The van der Waals surface area contributed by atoms with Crippen LogP contribution in [0.2, 0.25) is 0 Å². The van der Waals surface area contributed by atoms with Crippen LogP contribution in [-0.4, -0.2) is 40.6 Å². The molecule has 4 rings (SSSR count). The van der Waals surface area contributed by atoms with Crippen LogP contribution in [0, 0.1) is 0 Å². The molecule has 0 aliphatic rings. The number of thiophene rings is 1. The number of rotatable bonds is 7. The van der Waals surface area contributed by atoms with Gasteiger partial charge in [0.1, 0.15) is 15.5 Å². The Balaban J connectivity index is 0.00000149. The number of hydrogen-bond acceptors (Lipinski definition) is 7. The third-order valence-corrected chi connectivity index (χ3v) is 8.14. The summed E-state index contributed by atoms with van der Waals surface area (Å²) >= 11 is 5.00. The molecule has 4 aromatic rings. The number of carbonyl (C=O) groups is 1. The lowest BCUT2D eigenvalue weighted by molar-refractivity contribution is 0.0827. The first-order valence-corrected chi connectivity index (χ1v) is 13.8. The number of thioether (sulfide) groups is 1. The standard InChI is InChI=1S/C23H24N4OS3.C2H6/c1-4-5-10-30-23-19(24)18-16(14-7-6-8-15(12-14)22(28)27(2)3)13-17(26-21(18)31-23)20-25-9-11-29-20;1-2/h6-9,11-13H,4-5,10,24H2,1-3H3;1-2H3. The van der Waals surface area contributed by atoms with Crippen LogP contribution in [0.4, 0.5) is 5.69 Å². The molecule has 0 fully saturated rings. The third-order valence-electron chi connectivity index (χ3n) is 4.87. The fraction of sp³-hybridized carbons (Fsp3) is 0.320. The number of thiazole rings is 1. The van der Waals surface area contributed by atoms with E-state index in [1.165, 1.54) is 0 Å². The van der Waals surface area contributed by atoms with Crippen molar-refractivity contribution in [1.82, 2.24) is 14.9 Å². The SMILES string of the molecule is CC.CCCCSc1sc2nc(-c3nccs3)cc(-c3cccc(C(=O)N(C)C)c3)c2c1N. The Morgan fingerprint density at radius 1 is 1.21 bits per heavy atom. The molecular formula is C25H30N4OS3. The Morgan fingerprint density at radius 3 is 2.67 bits per heavy atom. The first kappa shape index (κ1) is 25.2. The summed E-state index contributed by atoms with van der Waals surface area (Å²) in [4.78, 5) is 24.4. The van der Waals surface area contributed by atoms with Gasteiger partial charge in [-0.2, -0.15) is 0 Å². The minimum Gasteiger partial charge on any atom is -0.397 e. The topological polar surface area (TPSA) is 72.1 Å². The zero-order chi connectivity index (χ0) is 24.0. The van der Waals surface area contributed by atoms with Gasteiger partial charge in [0.2, 0.25) is 0 Å². The third kappa shape index (κ3) is 5.57. The van der Waals surface area contributed by atoms with Crippen LogP contribution in [0.25, 0.3) is 32.0 Å². The summed E-state index contributed by atoms with van der Waals surface area (Å²) in [5, 5.41) is 3.78. The Bertz CT molecular complexity index is 1220. The van der Waals surface area contributed by atoms with Gasteiger partial charge < -0.3 is 10.6 Å². The highest BCUT2D eigenvalue weighted by atomic mass is 32.2. The van der Waals surface area contributed by atoms with Gasteiger partial charge in [-0.05, 0) is 41.5 Å². The number of nitrogen functional groups attached to an aromatic ring is 1. The lowest BCUT2D eigenvalue weighted by Gasteiger charge is -2.12. The largest absolute Gasteiger partial charge is 0.397 e. The molecule has 0 saturated carbocycles. The highest BCUT2D eigenvalue weighted by Gasteiger charge is 2.19. The van der Waals surface area contributed by atoms with Gasteiger partial charge in [-0.1, -0.05) is 39.3 Å². The maximum absolute atomic E-state index is 12.5. The fourth-order valence-corrected chi connectivity index (χ4v) is 6.33. The van der Waals surface area contributed by atoms with E-state index in [1.54, 1.807) is 59.6 Å². The molecule has 174 valence electrons. The molecule has 0 bridgehead atoms. The molecule has 3 heterocycles. The van der Waals surface area contributed by atoms with Gasteiger partial charge in [0, 0.05) is 36.6 Å². The smallest absolute Gasteiger partial charge is 0.253 e. The molecule has 0 aliphatic carbocycles. The van der Waals surface area contributed by atoms with Crippen molar-refractivity contribution in [2.75, 3.05) is 25.6 Å². The maximum atomic E-state index is 12.5. The summed E-state index contributed by atoms with van der Waals surface area (Å²) < 4.78 is 1.11. The molecule has 5 nitrogen and oxygen atoms in total. The predicted octanol–water partition coefficient (Wildman–Crippen LogP) is 7.29. The van der Waals surface area contributed by atoms with Crippen LogP contribution >= 0.6 is 34.4 Å². The highest BCUT2D eigenvalue weighted by molar-refractivity contribution is 8.01. The van der Waals surface area contributed by atoms with Crippen LogP contribution in [0.3, 0.4) is 0 Å². The van der Waals surface area contributed by atoms with Gasteiger partial charge in [-0.25, -0.2) is 9.97 Å². The number of carbonyl (C=O) groups excluding carboxylic acids is 1. The van der Waals surface area contributed by atoms with E-state index in [-0.39, 0.29) is 5.91 Å². The Kier molecular flexibility index (Phi) is 8.88. The molecular weight excluding hydrogens is 469 g/mol. The van der Waals surface area contributed by atoms with Crippen molar-refractivity contribution >= 4 is 56.2 Å². The van der Waals surface area contributed by atoms with E-state index in [2.05, 4.69) is 11.9 Å². The van der Waals surface area contributed by atoms with Crippen molar-refractivity contribution in [3.05, 3.63) is 47.5 Å². The average molecular weight is 499 g/mol. The molecule has 1 amide bonds. The van der Waals surface area contributed by atoms with Gasteiger partial charge in [0.15, 0.2) is 0 Å². The van der Waals surface area contributed by atoms with Crippen LogP contribution in [0.5, 0.6) is 0 Å². The monoisotopic (exact) mass is 498 g/mol. The zero-order valence-corrected chi connectivity index (χ0v) is 22.2. The van der Waals surface area contributed by atoms with Crippen LogP contribution in [0.15, 0.2) is 46.1 Å². The molecule has 2 N–H and O–H groups in total. The normalized spacial score (nSPS) is 10.7. The summed E-state index contributed by atoms with van der Waals surface area (Å²) in [5.41, 5.74) is 10.8. The Hall–Kier alpha value is -2.42. The van der Waals surface area contributed by atoms with E-state index in [1.807, 2.05) is 49.6 Å². The summed E-state index contributed by atoms with van der Waals surface area (Å²) in [6.07, 6.45) is 4.09. The van der Waals surface area contributed by atoms with Crippen molar-refractivity contribution in [2.45, 2.75) is 37.8 Å². The van der Waals surface area contributed by atoms with Crippen molar-refractivity contribution in [3.8, 4) is 21.8 Å². The summed E-state index contributed by atoms with van der Waals surface area (Å²) in [7, 11) is 3.52. The van der Waals surface area contributed by atoms with E-state index in [0.717, 1.165) is 60.5 Å². The van der Waals surface area contributed by atoms with E-state index >= 15 is 0 Å². The average Bonchev–Trinajstić information content (AvgIpc) is 3.48. The number of nitrogens with two attached hydrogens (primary N) is 1. The van der Waals surface area contributed by atoms with Crippen molar-refractivity contribution in [3.63, 3.8) is 0 Å². The Labute approximate surface area is 208 Å². The van der Waals surface area contributed by atoms with Gasteiger partial charge in [-0.15, -0.1) is 34.4 Å². The molecule has 0 unspecified atom stereocenters. The molecule has 0 spiro atoms. The number of hydrogen-bond donors (Lipinski definition) is 1. The molecule has 3 aromatic heterocycles. The lowest BCUT2D eigenvalue weighted by Crippen LogP contribution is -2.21.